The molecule has 9 heteroatoms. The van der Waals surface area contributed by atoms with Crippen molar-refractivity contribution in [3.63, 3.8) is 0 Å². The molecule has 0 aliphatic heterocycles. The lowest BCUT2D eigenvalue weighted by atomic mass is 9.95. The first-order valence-electron chi connectivity index (χ1n) is 9.90. The number of aromatic nitrogens is 3. The predicted octanol–water partition coefficient (Wildman–Crippen LogP) is 2.78. The number of aryl methyl sites for hydroxylation is 2. The highest BCUT2D eigenvalue weighted by Gasteiger charge is 2.23. The second kappa shape index (κ2) is 10.6. The number of aromatic amines is 1. The van der Waals surface area contributed by atoms with E-state index >= 15 is 0 Å². The number of ether oxygens (including phenoxy) is 1. The van der Waals surface area contributed by atoms with E-state index in [1.54, 1.807) is 20.2 Å². The smallest absolute Gasteiger partial charge is 0.309 e. The predicted molar refractivity (Wildman–Crippen MR) is 121 cm³/mol. The third-order valence-corrected chi connectivity index (χ3v) is 5.32. The number of methoxy groups -OCH3 is 1. The lowest BCUT2D eigenvalue weighted by molar-refractivity contribution is -0.145. The third kappa shape index (κ3) is 5.52. The fourth-order valence-corrected chi connectivity index (χ4v) is 3.58. The number of H-pyrrole nitrogens is 1. The Balaban J connectivity index is 0.00000341. The normalized spacial score (nSPS) is 13.0. The Labute approximate surface area is 186 Å². The van der Waals surface area contributed by atoms with Gasteiger partial charge in [0.2, 0.25) is 0 Å². The van der Waals surface area contributed by atoms with Gasteiger partial charge in [-0.2, -0.15) is 0 Å². The van der Waals surface area contributed by atoms with Crippen molar-refractivity contribution in [1.82, 2.24) is 14.5 Å². The van der Waals surface area contributed by atoms with Crippen molar-refractivity contribution in [2.24, 2.45) is 5.92 Å². The summed E-state index contributed by atoms with van der Waals surface area (Å²) in [4.78, 5) is 30.6. The van der Waals surface area contributed by atoms with Crippen molar-refractivity contribution in [3.05, 3.63) is 51.9 Å². The average molecular weight is 450 g/mol. The monoisotopic (exact) mass is 449 g/mol. The number of carbonyl (C=O) groups is 1. The average Bonchev–Trinajstić information content (AvgIpc) is 3.05. The molecule has 0 amide bonds. The summed E-state index contributed by atoms with van der Waals surface area (Å²) in [6.45, 7) is 4.36. The quantitative estimate of drug-likeness (QED) is 0.462. The fraction of sp³-hybridized carbons (Fsp3) is 0.409. The number of hydrogen-bond acceptors (Lipinski definition) is 5. The zero-order valence-corrected chi connectivity index (χ0v) is 18.6. The minimum absolute atomic E-state index is 0. The first-order chi connectivity index (χ1) is 14.3. The van der Waals surface area contributed by atoms with Crippen LogP contribution < -0.4 is 5.56 Å². The number of aliphatic hydroxyl groups is 1. The molecule has 3 rings (SSSR count). The molecule has 0 fully saturated rings. The van der Waals surface area contributed by atoms with Crippen LogP contribution in [0.15, 0.2) is 35.3 Å². The van der Waals surface area contributed by atoms with E-state index < -0.39 is 18.0 Å². The highest BCUT2D eigenvalue weighted by Crippen LogP contribution is 2.26. The molecule has 3 N–H and O–H groups in total. The van der Waals surface area contributed by atoms with E-state index in [4.69, 9.17) is 9.72 Å². The lowest BCUT2D eigenvalue weighted by Crippen LogP contribution is -2.26. The Hall–Kier alpha value is -2.68. The van der Waals surface area contributed by atoms with Crippen LogP contribution >= 0.6 is 12.4 Å². The lowest BCUT2D eigenvalue weighted by Gasteiger charge is -2.15. The van der Waals surface area contributed by atoms with E-state index in [0.717, 1.165) is 28.0 Å². The highest BCUT2D eigenvalue weighted by molar-refractivity contribution is 5.85. The second-order valence-electron chi connectivity index (χ2n) is 7.53. The fourth-order valence-electron chi connectivity index (χ4n) is 3.58. The number of aliphatic hydroxyl groups excluding tert-OH is 1. The van der Waals surface area contributed by atoms with Gasteiger partial charge in [-0.15, -0.1) is 12.4 Å². The molecule has 0 bridgehead atoms. The summed E-state index contributed by atoms with van der Waals surface area (Å²) >= 11 is 0. The molecular formula is C22H28ClN3O5. The Morgan fingerprint density at radius 1 is 1.32 bits per heavy atom. The van der Waals surface area contributed by atoms with Gasteiger partial charge in [-0.3, -0.25) is 9.59 Å². The summed E-state index contributed by atoms with van der Waals surface area (Å²) in [6, 6.07) is 7.68. The molecule has 0 unspecified atom stereocenters. The highest BCUT2D eigenvalue weighted by atomic mass is 35.5. The molecule has 2 heterocycles. The number of benzene rings is 1. The van der Waals surface area contributed by atoms with Crippen molar-refractivity contribution in [2.45, 2.75) is 39.3 Å². The number of carboxylic acids is 1. The van der Waals surface area contributed by atoms with E-state index in [1.165, 1.54) is 6.92 Å². The zero-order chi connectivity index (χ0) is 21.8. The molecule has 1 aromatic carbocycles. The van der Waals surface area contributed by atoms with E-state index in [9.17, 15) is 19.8 Å². The van der Waals surface area contributed by atoms with E-state index in [2.05, 4.69) is 4.98 Å². The van der Waals surface area contributed by atoms with Gasteiger partial charge < -0.3 is 24.5 Å². The number of rotatable bonds is 9. The maximum absolute atomic E-state index is 11.7. The molecule has 8 nitrogen and oxygen atoms in total. The molecule has 0 saturated carbocycles. The number of nitrogens with zero attached hydrogens (tertiary/aromatic N) is 2. The number of pyridine rings is 1. The number of halogens is 1. The molecule has 168 valence electrons. The summed E-state index contributed by atoms with van der Waals surface area (Å²) < 4.78 is 7.29. The summed E-state index contributed by atoms with van der Waals surface area (Å²) in [5.41, 5.74) is 3.95. The van der Waals surface area contributed by atoms with Gasteiger partial charge >= 0.3 is 5.97 Å². The number of fused-ring (bicyclic) bond motifs is 1. The van der Waals surface area contributed by atoms with Crippen LogP contribution in [0, 0.1) is 12.8 Å². The van der Waals surface area contributed by atoms with Gasteiger partial charge in [0.25, 0.3) is 5.56 Å². The molecule has 0 saturated heterocycles. The largest absolute Gasteiger partial charge is 0.481 e. The van der Waals surface area contributed by atoms with Gasteiger partial charge in [-0.05, 0) is 50.5 Å². The molecular weight excluding hydrogens is 422 g/mol. The Bertz CT molecular complexity index is 1110. The maximum atomic E-state index is 11.7. The number of imidazole rings is 1. The number of carboxylic acid groups (broad SMARTS) is 1. The van der Waals surface area contributed by atoms with Crippen LogP contribution in [0.2, 0.25) is 0 Å². The SMILES string of the molecule is COCCn1c(-c2c[nH]c(=O)c(C)c2)nc2cc(CC[C@H](C(=O)O)[C@@H](C)O)ccc21.Cl. The maximum Gasteiger partial charge on any atom is 0.309 e. The van der Waals surface area contributed by atoms with Crippen molar-refractivity contribution in [3.8, 4) is 11.4 Å². The van der Waals surface area contributed by atoms with Gasteiger partial charge in [0.15, 0.2) is 0 Å². The van der Waals surface area contributed by atoms with Gasteiger partial charge in [-0.1, -0.05) is 6.07 Å². The second-order valence-corrected chi connectivity index (χ2v) is 7.53. The number of nitrogens with one attached hydrogen (secondary N) is 1. The van der Waals surface area contributed by atoms with Crippen LogP contribution in [-0.4, -0.2) is 50.5 Å². The molecule has 0 radical (unpaired) electrons. The first-order valence-corrected chi connectivity index (χ1v) is 9.90. The van der Waals surface area contributed by atoms with Crippen molar-refractivity contribution in [1.29, 1.82) is 0 Å². The van der Waals surface area contributed by atoms with E-state index in [-0.39, 0.29) is 18.0 Å². The number of aliphatic carboxylic acids is 1. The standard InChI is InChI=1S/C22H27N3O5.ClH/c1-13-10-16(12-23-21(13)27)20-24-18-11-15(4-6-17(14(2)26)22(28)29)5-7-19(18)25(20)8-9-30-3;/h5,7,10-12,14,17,26H,4,6,8-9H2,1-3H3,(H,23,27)(H,28,29);1H/t14-,17+;/m1./s1. The van der Waals surface area contributed by atoms with Crippen molar-refractivity contribution >= 4 is 29.4 Å². The zero-order valence-electron chi connectivity index (χ0n) is 17.8. The Morgan fingerprint density at radius 2 is 2.06 bits per heavy atom. The molecule has 3 aromatic rings. The summed E-state index contributed by atoms with van der Waals surface area (Å²) in [7, 11) is 1.64. The summed E-state index contributed by atoms with van der Waals surface area (Å²) in [5.74, 6) is -1.07. The van der Waals surface area contributed by atoms with Crippen LogP contribution in [0.25, 0.3) is 22.4 Å². The molecule has 31 heavy (non-hydrogen) atoms. The van der Waals surface area contributed by atoms with Gasteiger partial charge in [0.1, 0.15) is 5.82 Å². The molecule has 0 spiro atoms. The summed E-state index contributed by atoms with van der Waals surface area (Å²) in [5, 5.41) is 19.0. The molecule has 2 aromatic heterocycles. The van der Waals surface area contributed by atoms with Crippen molar-refractivity contribution < 1.29 is 19.7 Å². The first kappa shape index (κ1) is 24.6. The minimum atomic E-state index is -0.995. The van der Waals surface area contributed by atoms with Crippen LogP contribution in [0.1, 0.15) is 24.5 Å². The topological polar surface area (TPSA) is 117 Å². The van der Waals surface area contributed by atoms with Crippen LogP contribution in [0.4, 0.5) is 0 Å². The van der Waals surface area contributed by atoms with E-state index in [1.807, 2.05) is 28.8 Å². The number of hydrogen-bond donors (Lipinski definition) is 3. The van der Waals surface area contributed by atoms with Gasteiger partial charge in [-0.25, -0.2) is 4.98 Å². The third-order valence-electron chi connectivity index (χ3n) is 5.32. The molecule has 2 atom stereocenters. The van der Waals surface area contributed by atoms with Crippen LogP contribution in [-0.2, 0) is 22.5 Å². The van der Waals surface area contributed by atoms with Crippen LogP contribution in [0.5, 0.6) is 0 Å². The summed E-state index contributed by atoms with van der Waals surface area (Å²) in [6.07, 6.45) is 1.61. The molecule has 0 aliphatic rings. The van der Waals surface area contributed by atoms with E-state index in [0.29, 0.717) is 31.6 Å². The molecule has 0 aliphatic carbocycles. The van der Waals surface area contributed by atoms with Gasteiger partial charge in [0.05, 0.1) is 29.7 Å². The Morgan fingerprint density at radius 3 is 2.68 bits per heavy atom. The Kier molecular flexibility index (Phi) is 8.38. The van der Waals surface area contributed by atoms with Crippen LogP contribution in [0.3, 0.4) is 0 Å². The van der Waals surface area contributed by atoms with Crippen molar-refractivity contribution in [2.75, 3.05) is 13.7 Å². The van der Waals surface area contributed by atoms with Gasteiger partial charge in [0, 0.05) is 31.0 Å². The minimum Gasteiger partial charge on any atom is -0.481 e.